The number of carbonyl (C=O) groups is 1. The molecule has 1 heterocycles. The number of hydrogen-bond donors (Lipinski definition) is 0. The number of hydrogen-bond acceptors (Lipinski definition) is 2. The van der Waals surface area contributed by atoms with Crippen LogP contribution >= 0.6 is 0 Å². The minimum atomic E-state index is -0.102. The van der Waals surface area contributed by atoms with E-state index in [0.29, 0.717) is 12.2 Å². The number of amides is 1. The summed E-state index contributed by atoms with van der Waals surface area (Å²) in [5.41, 5.74) is 2.50. The van der Waals surface area contributed by atoms with Crippen LogP contribution in [0.1, 0.15) is 15.9 Å². The Morgan fingerprint density at radius 1 is 0.750 bits per heavy atom. The van der Waals surface area contributed by atoms with E-state index in [1.54, 1.807) is 9.69 Å². The summed E-state index contributed by atoms with van der Waals surface area (Å²) >= 11 is 0. The third kappa shape index (κ3) is 3.96. The van der Waals surface area contributed by atoms with Crippen molar-refractivity contribution in [2.75, 3.05) is 5.01 Å². The summed E-state index contributed by atoms with van der Waals surface area (Å²) in [6, 6.07) is 30.6. The van der Waals surface area contributed by atoms with Gasteiger partial charge in [0.2, 0.25) is 0 Å². The fourth-order valence-electron chi connectivity index (χ4n) is 2.94. The van der Waals surface area contributed by atoms with Gasteiger partial charge in [0.05, 0.1) is 5.69 Å². The summed E-state index contributed by atoms with van der Waals surface area (Å²) in [7, 11) is 0. The summed E-state index contributed by atoms with van der Waals surface area (Å²) in [5, 5.41) is 1.64. The number of nitrogens with zero attached hydrogens (tertiary/aromatic N) is 2. The number of benzene rings is 3. The zero-order valence-electron chi connectivity index (χ0n) is 15.3. The molecule has 28 heavy (non-hydrogen) atoms. The molecule has 4 heteroatoms. The van der Waals surface area contributed by atoms with Crippen LogP contribution in [-0.2, 0) is 6.61 Å². The lowest BCUT2D eigenvalue weighted by Gasteiger charge is -2.24. The Labute approximate surface area is 164 Å². The second-order valence-electron chi connectivity index (χ2n) is 6.31. The Bertz CT molecular complexity index is 1010. The lowest BCUT2D eigenvalue weighted by atomic mass is 10.2. The molecule has 0 bridgehead atoms. The smallest absolute Gasteiger partial charge is 0.277 e. The SMILES string of the molecule is O=C(c1ccccc1)N(c1ccc(OCc2ccccc2)cc1)n1cccc1. The maximum absolute atomic E-state index is 13.1. The Balaban J connectivity index is 1.56. The molecule has 4 rings (SSSR count). The second-order valence-corrected chi connectivity index (χ2v) is 6.31. The van der Waals surface area contributed by atoms with Crippen LogP contribution in [0.3, 0.4) is 0 Å². The molecule has 138 valence electrons. The lowest BCUT2D eigenvalue weighted by Crippen LogP contribution is -2.35. The molecule has 0 spiro atoms. The van der Waals surface area contributed by atoms with E-state index in [1.165, 1.54) is 0 Å². The van der Waals surface area contributed by atoms with Crippen molar-refractivity contribution in [1.29, 1.82) is 0 Å². The monoisotopic (exact) mass is 368 g/mol. The molecule has 0 saturated carbocycles. The Hall–Kier alpha value is -3.79. The average Bonchev–Trinajstić information content (AvgIpc) is 3.29. The fourth-order valence-corrected chi connectivity index (χ4v) is 2.94. The van der Waals surface area contributed by atoms with Crippen molar-refractivity contribution < 1.29 is 9.53 Å². The molecule has 0 aliphatic heterocycles. The van der Waals surface area contributed by atoms with Crippen LogP contribution in [-0.4, -0.2) is 10.6 Å². The van der Waals surface area contributed by atoms with Gasteiger partial charge in [0, 0.05) is 18.0 Å². The van der Waals surface area contributed by atoms with E-state index in [2.05, 4.69) is 0 Å². The van der Waals surface area contributed by atoms with Gasteiger partial charge >= 0.3 is 0 Å². The first kappa shape index (κ1) is 17.6. The summed E-state index contributed by atoms with van der Waals surface area (Å²) in [5.74, 6) is 0.655. The van der Waals surface area contributed by atoms with Crippen LogP contribution in [0.4, 0.5) is 5.69 Å². The van der Waals surface area contributed by atoms with Crippen molar-refractivity contribution in [3.8, 4) is 5.75 Å². The Morgan fingerprint density at radius 3 is 2.00 bits per heavy atom. The second kappa shape index (κ2) is 8.27. The number of aromatic nitrogens is 1. The van der Waals surface area contributed by atoms with E-state index in [4.69, 9.17) is 4.74 Å². The topological polar surface area (TPSA) is 34.5 Å². The zero-order valence-corrected chi connectivity index (χ0v) is 15.3. The molecule has 1 amide bonds. The van der Waals surface area contributed by atoms with Crippen LogP contribution in [0, 0.1) is 0 Å². The molecule has 4 nitrogen and oxygen atoms in total. The van der Waals surface area contributed by atoms with Crippen LogP contribution in [0.5, 0.6) is 5.75 Å². The normalized spacial score (nSPS) is 10.4. The molecular weight excluding hydrogens is 348 g/mol. The Kier molecular flexibility index (Phi) is 5.20. The van der Waals surface area contributed by atoms with Gasteiger partial charge in [0.15, 0.2) is 0 Å². The van der Waals surface area contributed by atoms with E-state index >= 15 is 0 Å². The van der Waals surface area contributed by atoms with Crippen LogP contribution in [0.2, 0.25) is 0 Å². The highest BCUT2D eigenvalue weighted by atomic mass is 16.5. The summed E-state index contributed by atoms with van der Waals surface area (Å²) < 4.78 is 7.63. The van der Waals surface area contributed by atoms with Crippen molar-refractivity contribution in [1.82, 2.24) is 4.68 Å². The molecule has 4 aromatic rings. The van der Waals surface area contributed by atoms with Gasteiger partial charge in [-0.05, 0) is 54.1 Å². The molecule has 1 aromatic heterocycles. The molecule has 0 unspecified atom stereocenters. The first-order chi connectivity index (χ1) is 13.8. The average molecular weight is 368 g/mol. The summed E-state index contributed by atoms with van der Waals surface area (Å²) in [4.78, 5) is 13.1. The molecule has 0 radical (unpaired) electrons. The zero-order chi connectivity index (χ0) is 19.2. The number of anilines is 1. The first-order valence-corrected chi connectivity index (χ1v) is 9.11. The van der Waals surface area contributed by atoms with Gasteiger partial charge in [-0.15, -0.1) is 0 Å². The van der Waals surface area contributed by atoms with Crippen LogP contribution < -0.4 is 9.75 Å². The standard InChI is InChI=1S/C24H20N2O2/c27-24(21-11-5-2-6-12-21)26(25-17-7-8-18-25)22-13-15-23(16-14-22)28-19-20-9-3-1-4-10-20/h1-18H,19H2. The van der Waals surface area contributed by atoms with Gasteiger partial charge in [0.1, 0.15) is 12.4 Å². The quantitative estimate of drug-likeness (QED) is 0.470. The highest BCUT2D eigenvalue weighted by molar-refractivity contribution is 6.05. The molecule has 0 N–H and O–H groups in total. The van der Waals surface area contributed by atoms with Gasteiger partial charge in [-0.3, -0.25) is 9.47 Å². The van der Waals surface area contributed by atoms with Crippen molar-refractivity contribution in [3.05, 3.63) is 121 Å². The van der Waals surface area contributed by atoms with Gasteiger partial charge in [0.25, 0.3) is 5.91 Å². The number of carbonyl (C=O) groups excluding carboxylic acids is 1. The predicted octanol–water partition coefficient (Wildman–Crippen LogP) is 5.18. The fraction of sp³-hybridized carbons (Fsp3) is 0.0417. The molecule has 0 aliphatic carbocycles. The maximum atomic E-state index is 13.1. The molecule has 3 aromatic carbocycles. The molecule has 0 fully saturated rings. The highest BCUT2D eigenvalue weighted by Crippen LogP contribution is 2.23. The predicted molar refractivity (Wildman–Crippen MR) is 110 cm³/mol. The maximum Gasteiger partial charge on any atom is 0.277 e. The summed E-state index contributed by atoms with van der Waals surface area (Å²) in [6.07, 6.45) is 3.70. The number of ether oxygens (including phenoxy) is 1. The van der Waals surface area contributed by atoms with E-state index in [1.807, 2.05) is 109 Å². The van der Waals surface area contributed by atoms with Crippen LogP contribution in [0.25, 0.3) is 0 Å². The van der Waals surface area contributed by atoms with Gasteiger partial charge in [-0.25, -0.2) is 5.01 Å². The van der Waals surface area contributed by atoms with Crippen molar-refractivity contribution >= 4 is 11.6 Å². The van der Waals surface area contributed by atoms with E-state index in [-0.39, 0.29) is 5.91 Å². The first-order valence-electron chi connectivity index (χ1n) is 9.11. The van der Waals surface area contributed by atoms with Crippen molar-refractivity contribution in [2.45, 2.75) is 6.61 Å². The van der Waals surface area contributed by atoms with E-state index < -0.39 is 0 Å². The van der Waals surface area contributed by atoms with Crippen molar-refractivity contribution in [2.24, 2.45) is 0 Å². The van der Waals surface area contributed by atoms with Gasteiger partial charge < -0.3 is 4.74 Å². The largest absolute Gasteiger partial charge is 0.489 e. The summed E-state index contributed by atoms with van der Waals surface area (Å²) in [6.45, 7) is 0.504. The molecular formula is C24H20N2O2. The van der Waals surface area contributed by atoms with E-state index in [0.717, 1.165) is 17.0 Å². The van der Waals surface area contributed by atoms with Gasteiger partial charge in [-0.2, -0.15) is 0 Å². The van der Waals surface area contributed by atoms with Crippen molar-refractivity contribution in [3.63, 3.8) is 0 Å². The third-order valence-corrected chi connectivity index (χ3v) is 4.36. The van der Waals surface area contributed by atoms with E-state index in [9.17, 15) is 4.79 Å². The van der Waals surface area contributed by atoms with Gasteiger partial charge in [-0.1, -0.05) is 48.5 Å². The lowest BCUT2D eigenvalue weighted by molar-refractivity contribution is 0.0976. The molecule has 0 atom stereocenters. The Morgan fingerprint density at radius 2 is 1.36 bits per heavy atom. The molecule has 0 saturated heterocycles. The molecule has 0 aliphatic rings. The van der Waals surface area contributed by atoms with Crippen LogP contribution in [0.15, 0.2) is 109 Å². The minimum absolute atomic E-state index is 0.102. The third-order valence-electron chi connectivity index (χ3n) is 4.36. The minimum Gasteiger partial charge on any atom is -0.489 e. The number of rotatable bonds is 6. The highest BCUT2D eigenvalue weighted by Gasteiger charge is 2.19.